The van der Waals surface area contributed by atoms with Crippen LogP contribution in [0.1, 0.15) is 23.7 Å². The molecule has 0 fully saturated rings. The van der Waals surface area contributed by atoms with Crippen molar-refractivity contribution in [3.63, 3.8) is 0 Å². The van der Waals surface area contributed by atoms with Crippen LogP contribution in [0.5, 0.6) is 5.75 Å². The molecule has 1 aromatic heterocycles. The van der Waals surface area contributed by atoms with Gasteiger partial charge in [-0.05, 0) is 6.92 Å². The normalized spacial score (nSPS) is 12.2. The maximum Gasteiger partial charge on any atom is 0.305 e. The van der Waals surface area contributed by atoms with E-state index in [1.165, 1.54) is 13.3 Å². The van der Waals surface area contributed by atoms with Crippen molar-refractivity contribution in [3.8, 4) is 5.75 Å². The van der Waals surface area contributed by atoms with E-state index in [1.807, 2.05) is 0 Å². The standard InChI is InChI=1S/C10H13ClN2O3/c1-5-9(7(12)3-8(14)15)13-4-6(11)10(5)16-2/h4,7H,3,12H2,1-2H3,(H,14,15). The van der Waals surface area contributed by atoms with E-state index < -0.39 is 12.0 Å². The molecule has 0 aliphatic heterocycles. The number of rotatable bonds is 4. The molecular weight excluding hydrogens is 232 g/mol. The minimum atomic E-state index is -0.970. The molecule has 0 aliphatic carbocycles. The lowest BCUT2D eigenvalue weighted by molar-refractivity contribution is -0.137. The fourth-order valence-corrected chi connectivity index (χ4v) is 1.75. The molecule has 5 nitrogen and oxygen atoms in total. The van der Waals surface area contributed by atoms with Gasteiger partial charge in [0.25, 0.3) is 0 Å². The quantitative estimate of drug-likeness (QED) is 0.839. The van der Waals surface area contributed by atoms with Gasteiger partial charge in [0, 0.05) is 11.8 Å². The Morgan fingerprint density at radius 1 is 1.75 bits per heavy atom. The molecule has 0 saturated carbocycles. The minimum Gasteiger partial charge on any atom is -0.495 e. The summed E-state index contributed by atoms with van der Waals surface area (Å²) in [7, 11) is 1.49. The lowest BCUT2D eigenvalue weighted by atomic mass is 10.1. The highest BCUT2D eigenvalue weighted by Crippen LogP contribution is 2.31. The first-order valence-electron chi connectivity index (χ1n) is 4.63. The first kappa shape index (κ1) is 12.7. The Kier molecular flexibility index (Phi) is 4.09. The number of hydrogen-bond donors (Lipinski definition) is 2. The predicted molar refractivity (Wildman–Crippen MR) is 59.7 cm³/mol. The van der Waals surface area contributed by atoms with Crippen LogP contribution in [0.3, 0.4) is 0 Å². The molecule has 88 valence electrons. The number of nitrogens with zero attached hydrogens (tertiary/aromatic N) is 1. The van der Waals surface area contributed by atoms with Gasteiger partial charge >= 0.3 is 5.97 Å². The largest absolute Gasteiger partial charge is 0.495 e. The zero-order valence-electron chi connectivity index (χ0n) is 9.03. The van der Waals surface area contributed by atoms with Gasteiger partial charge in [-0.1, -0.05) is 11.6 Å². The number of halogens is 1. The molecule has 0 aliphatic rings. The third-order valence-electron chi connectivity index (χ3n) is 2.21. The Morgan fingerprint density at radius 2 is 2.38 bits per heavy atom. The van der Waals surface area contributed by atoms with Crippen molar-refractivity contribution < 1.29 is 14.6 Å². The molecule has 0 bridgehead atoms. The maximum atomic E-state index is 10.6. The number of methoxy groups -OCH3 is 1. The van der Waals surface area contributed by atoms with E-state index in [0.29, 0.717) is 22.0 Å². The first-order chi connectivity index (χ1) is 7.47. The highest BCUT2D eigenvalue weighted by atomic mass is 35.5. The molecule has 16 heavy (non-hydrogen) atoms. The lowest BCUT2D eigenvalue weighted by Gasteiger charge is -2.15. The number of hydrogen-bond acceptors (Lipinski definition) is 4. The third kappa shape index (κ3) is 2.62. The van der Waals surface area contributed by atoms with Gasteiger partial charge in [-0.25, -0.2) is 0 Å². The second-order valence-electron chi connectivity index (χ2n) is 3.35. The summed E-state index contributed by atoms with van der Waals surface area (Å²) < 4.78 is 5.10. The van der Waals surface area contributed by atoms with Crippen LogP contribution in [0, 0.1) is 6.92 Å². The van der Waals surface area contributed by atoms with E-state index in [1.54, 1.807) is 6.92 Å². The molecule has 1 unspecified atom stereocenters. The summed E-state index contributed by atoms with van der Waals surface area (Å²) in [5, 5.41) is 9.03. The molecule has 0 amide bonds. The summed E-state index contributed by atoms with van der Waals surface area (Å²) in [6.45, 7) is 1.74. The number of nitrogens with two attached hydrogens (primary N) is 1. The number of carboxylic acid groups (broad SMARTS) is 1. The Bertz CT molecular complexity index is 409. The van der Waals surface area contributed by atoms with Gasteiger partial charge in [0.1, 0.15) is 10.8 Å². The zero-order valence-corrected chi connectivity index (χ0v) is 9.78. The fourth-order valence-electron chi connectivity index (χ4n) is 1.49. The van der Waals surface area contributed by atoms with Gasteiger partial charge in [0.2, 0.25) is 0 Å². The van der Waals surface area contributed by atoms with Crippen LogP contribution in [0.15, 0.2) is 6.20 Å². The van der Waals surface area contributed by atoms with Gasteiger partial charge in [-0.3, -0.25) is 9.78 Å². The average Bonchev–Trinajstić information content (AvgIpc) is 2.17. The zero-order chi connectivity index (χ0) is 12.3. The van der Waals surface area contributed by atoms with Crippen LogP contribution in [-0.4, -0.2) is 23.2 Å². The van der Waals surface area contributed by atoms with Crippen molar-refractivity contribution in [3.05, 3.63) is 22.5 Å². The first-order valence-corrected chi connectivity index (χ1v) is 5.01. The van der Waals surface area contributed by atoms with Crippen LogP contribution in [-0.2, 0) is 4.79 Å². The second kappa shape index (κ2) is 5.14. The van der Waals surface area contributed by atoms with Crippen LogP contribution < -0.4 is 10.5 Å². The van der Waals surface area contributed by atoms with E-state index in [9.17, 15) is 4.79 Å². The monoisotopic (exact) mass is 244 g/mol. The smallest absolute Gasteiger partial charge is 0.305 e. The Labute approximate surface area is 98.2 Å². The highest BCUT2D eigenvalue weighted by Gasteiger charge is 2.18. The number of aliphatic carboxylic acids is 1. The molecular formula is C10H13ClN2O3. The average molecular weight is 245 g/mol. The van der Waals surface area contributed by atoms with Crippen LogP contribution in [0.4, 0.5) is 0 Å². The van der Waals surface area contributed by atoms with E-state index in [2.05, 4.69) is 4.98 Å². The van der Waals surface area contributed by atoms with E-state index in [0.717, 1.165) is 0 Å². The van der Waals surface area contributed by atoms with Crippen molar-refractivity contribution >= 4 is 17.6 Å². The molecule has 0 saturated heterocycles. The highest BCUT2D eigenvalue weighted by molar-refractivity contribution is 6.32. The van der Waals surface area contributed by atoms with Gasteiger partial charge in [0.05, 0.1) is 25.3 Å². The van der Waals surface area contributed by atoms with Crippen molar-refractivity contribution in [2.75, 3.05) is 7.11 Å². The van der Waals surface area contributed by atoms with E-state index in [4.69, 9.17) is 27.2 Å². The van der Waals surface area contributed by atoms with Crippen LogP contribution in [0.2, 0.25) is 5.02 Å². The van der Waals surface area contributed by atoms with Crippen LogP contribution in [0.25, 0.3) is 0 Å². The summed E-state index contributed by atoms with van der Waals surface area (Å²) >= 11 is 5.87. The van der Waals surface area contributed by atoms with Gasteiger partial charge in [-0.15, -0.1) is 0 Å². The Hall–Kier alpha value is -1.33. The molecule has 1 heterocycles. The predicted octanol–water partition coefficient (Wildman–Crippen LogP) is 1.53. The molecule has 1 atom stereocenters. The molecule has 3 N–H and O–H groups in total. The minimum absolute atomic E-state index is 0.182. The number of pyridine rings is 1. The summed E-state index contributed by atoms with van der Waals surface area (Å²) in [5.74, 6) is -0.491. The molecule has 0 aromatic carbocycles. The SMILES string of the molecule is COc1c(Cl)cnc(C(N)CC(=O)O)c1C. The van der Waals surface area contributed by atoms with Crippen molar-refractivity contribution in [2.45, 2.75) is 19.4 Å². The number of carboxylic acids is 1. The molecule has 0 spiro atoms. The molecule has 6 heteroatoms. The number of carbonyl (C=O) groups is 1. The Morgan fingerprint density at radius 3 is 2.88 bits per heavy atom. The van der Waals surface area contributed by atoms with E-state index >= 15 is 0 Å². The van der Waals surface area contributed by atoms with Crippen molar-refractivity contribution in [1.29, 1.82) is 0 Å². The fraction of sp³-hybridized carbons (Fsp3) is 0.400. The molecule has 1 rings (SSSR count). The van der Waals surface area contributed by atoms with Gasteiger partial charge in [0.15, 0.2) is 0 Å². The summed E-state index contributed by atoms with van der Waals surface area (Å²) in [6, 6.07) is -0.663. The van der Waals surface area contributed by atoms with Gasteiger partial charge in [-0.2, -0.15) is 0 Å². The van der Waals surface area contributed by atoms with Crippen LogP contribution >= 0.6 is 11.6 Å². The van der Waals surface area contributed by atoms with E-state index in [-0.39, 0.29) is 6.42 Å². The lowest BCUT2D eigenvalue weighted by Crippen LogP contribution is -2.18. The number of ether oxygens (including phenoxy) is 1. The maximum absolute atomic E-state index is 10.6. The molecule has 1 aromatic rings. The van der Waals surface area contributed by atoms with Gasteiger partial charge < -0.3 is 15.6 Å². The second-order valence-corrected chi connectivity index (χ2v) is 3.76. The number of aromatic nitrogens is 1. The molecule has 0 radical (unpaired) electrons. The summed E-state index contributed by atoms with van der Waals surface area (Å²) in [5.41, 5.74) is 6.89. The summed E-state index contributed by atoms with van der Waals surface area (Å²) in [6.07, 6.45) is 1.23. The van der Waals surface area contributed by atoms with Crippen molar-refractivity contribution in [1.82, 2.24) is 4.98 Å². The Balaban J connectivity index is 3.10. The summed E-state index contributed by atoms with van der Waals surface area (Å²) in [4.78, 5) is 14.6. The van der Waals surface area contributed by atoms with Crippen molar-refractivity contribution in [2.24, 2.45) is 5.73 Å². The topological polar surface area (TPSA) is 85.4 Å². The third-order valence-corrected chi connectivity index (χ3v) is 2.48.